The van der Waals surface area contributed by atoms with Gasteiger partial charge in [-0.3, -0.25) is 0 Å². The van der Waals surface area contributed by atoms with E-state index in [-0.39, 0.29) is 12.1 Å². The van der Waals surface area contributed by atoms with Gasteiger partial charge in [-0.25, -0.2) is 0 Å². The van der Waals surface area contributed by atoms with Gasteiger partial charge in [0.1, 0.15) is 0 Å². The van der Waals surface area contributed by atoms with Crippen LogP contribution in [0.2, 0.25) is 0 Å². The standard InChI is InChI=1S/C10H13NO/c1-7-8-4-2-3-5-9(8)10(11)6-12-7/h2-5,7,10H,6,11H2,1H3/t7-,10+/m1/s1. The van der Waals surface area contributed by atoms with Crippen LogP contribution in [-0.4, -0.2) is 6.61 Å². The number of hydrogen-bond donors (Lipinski definition) is 1. The lowest BCUT2D eigenvalue weighted by Crippen LogP contribution is -2.25. The highest BCUT2D eigenvalue weighted by Gasteiger charge is 2.21. The molecule has 64 valence electrons. The van der Waals surface area contributed by atoms with Crippen LogP contribution in [0.3, 0.4) is 0 Å². The van der Waals surface area contributed by atoms with Crippen LogP contribution in [0.25, 0.3) is 0 Å². The molecule has 2 atom stereocenters. The van der Waals surface area contributed by atoms with Gasteiger partial charge in [-0.2, -0.15) is 0 Å². The third-order valence-corrected chi connectivity index (χ3v) is 2.36. The second kappa shape index (κ2) is 2.88. The molecule has 1 aromatic carbocycles. The van der Waals surface area contributed by atoms with Crippen LogP contribution in [0.4, 0.5) is 0 Å². The molecule has 0 amide bonds. The first-order valence-electron chi connectivity index (χ1n) is 4.25. The van der Waals surface area contributed by atoms with Crippen molar-refractivity contribution in [3.8, 4) is 0 Å². The maximum atomic E-state index is 5.88. The molecule has 2 N–H and O–H groups in total. The first kappa shape index (κ1) is 7.77. The van der Waals surface area contributed by atoms with Crippen LogP contribution < -0.4 is 5.73 Å². The highest BCUT2D eigenvalue weighted by molar-refractivity contribution is 5.32. The molecule has 0 saturated heterocycles. The summed E-state index contributed by atoms with van der Waals surface area (Å²) in [7, 11) is 0. The smallest absolute Gasteiger partial charge is 0.0801 e. The summed E-state index contributed by atoms with van der Waals surface area (Å²) in [5.41, 5.74) is 8.35. The minimum absolute atomic E-state index is 0.0531. The van der Waals surface area contributed by atoms with Crippen LogP contribution in [0.1, 0.15) is 30.2 Å². The van der Waals surface area contributed by atoms with E-state index in [4.69, 9.17) is 10.5 Å². The molecule has 0 spiro atoms. The largest absolute Gasteiger partial charge is 0.372 e. The van der Waals surface area contributed by atoms with Crippen molar-refractivity contribution in [2.75, 3.05) is 6.61 Å². The van der Waals surface area contributed by atoms with E-state index in [1.165, 1.54) is 11.1 Å². The topological polar surface area (TPSA) is 35.2 Å². The van der Waals surface area contributed by atoms with Gasteiger partial charge in [0.25, 0.3) is 0 Å². The monoisotopic (exact) mass is 163 g/mol. The molecule has 0 unspecified atom stereocenters. The molecule has 1 aliphatic rings. The van der Waals surface area contributed by atoms with E-state index < -0.39 is 0 Å². The van der Waals surface area contributed by atoms with Crippen molar-refractivity contribution in [3.63, 3.8) is 0 Å². The Balaban J connectivity index is 2.47. The lowest BCUT2D eigenvalue weighted by molar-refractivity contribution is 0.0408. The summed E-state index contributed by atoms with van der Waals surface area (Å²) in [5, 5.41) is 0. The van der Waals surface area contributed by atoms with Gasteiger partial charge in [0.2, 0.25) is 0 Å². The molecule has 1 aromatic rings. The number of ether oxygens (including phenoxy) is 1. The van der Waals surface area contributed by atoms with Crippen molar-refractivity contribution >= 4 is 0 Å². The number of fused-ring (bicyclic) bond motifs is 1. The molecule has 2 rings (SSSR count). The normalized spacial score (nSPS) is 28.2. The molecule has 0 bridgehead atoms. The highest BCUT2D eigenvalue weighted by Crippen LogP contribution is 2.30. The van der Waals surface area contributed by atoms with E-state index in [2.05, 4.69) is 19.1 Å². The van der Waals surface area contributed by atoms with Crippen molar-refractivity contribution in [1.82, 2.24) is 0 Å². The molecule has 0 fully saturated rings. The number of nitrogens with two attached hydrogens (primary N) is 1. The Labute approximate surface area is 72.3 Å². The first-order valence-corrected chi connectivity index (χ1v) is 4.25. The third-order valence-electron chi connectivity index (χ3n) is 2.36. The van der Waals surface area contributed by atoms with Gasteiger partial charge in [0.15, 0.2) is 0 Å². The summed E-state index contributed by atoms with van der Waals surface area (Å²) in [6.45, 7) is 2.70. The quantitative estimate of drug-likeness (QED) is 0.632. The van der Waals surface area contributed by atoms with Gasteiger partial charge in [-0.15, -0.1) is 0 Å². The predicted octanol–water partition coefficient (Wildman–Crippen LogP) is 1.78. The molecule has 0 aromatic heterocycles. The molecule has 0 radical (unpaired) electrons. The summed E-state index contributed by atoms with van der Waals surface area (Å²) in [4.78, 5) is 0. The van der Waals surface area contributed by atoms with Gasteiger partial charge in [-0.1, -0.05) is 24.3 Å². The maximum absolute atomic E-state index is 5.88. The molecule has 1 heterocycles. The average Bonchev–Trinajstić information content (AvgIpc) is 2.12. The van der Waals surface area contributed by atoms with Crippen molar-refractivity contribution in [1.29, 1.82) is 0 Å². The number of hydrogen-bond acceptors (Lipinski definition) is 2. The Morgan fingerprint density at radius 1 is 1.33 bits per heavy atom. The zero-order valence-corrected chi connectivity index (χ0v) is 7.16. The third kappa shape index (κ3) is 1.13. The molecule has 0 saturated carbocycles. The van der Waals surface area contributed by atoms with Crippen LogP contribution in [0.15, 0.2) is 24.3 Å². The minimum Gasteiger partial charge on any atom is -0.372 e. The Morgan fingerprint density at radius 3 is 2.67 bits per heavy atom. The fraction of sp³-hybridized carbons (Fsp3) is 0.400. The van der Waals surface area contributed by atoms with E-state index in [1.807, 2.05) is 12.1 Å². The van der Waals surface area contributed by atoms with Gasteiger partial charge >= 0.3 is 0 Å². The molecular weight excluding hydrogens is 150 g/mol. The average molecular weight is 163 g/mol. The Kier molecular flexibility index (Phi) is 1.87. The Hall–Kier alpha value is -0.860. The second-order valence-corrected chi connectivity index (χ2v) is 3.21. The SMILES string of the molecule is C[C@H]1OC[C@H](N)c2ccccc21. The zero-order valence-electron chi connectivity index (χ0n) is 7.16. The molecular formula is C10H13NO. The van der Waals surface area contributed by atoms with E-state index >= 15 is 0 Å². The van der Waals surface area contributed by atoms with E-state index in [1.54, 1.807) is 0 Å². The summed E-state index contributed by atoms with van der Waals surface area (Å²) >= 11 is 0. The number of rotatable bonds is 0. The van der Waals surface area contributed by atoms with Crippen LogP contribution in [0, 0.1) is 0 Å². The van der Waals surface area contributed by atoms with Crippen LogP contribution in [0.5, 0.6) is 0 Å². The fourth-order valence-corrected chi connectivity index (χ4v) is 1.65. The highest BCUT2D eigenvalue weighted by atomic mass is 16.5. The van der Waals surface area contributed by atoms with Gasteiger partial charge in [0, 0.05) is 0 Å². The Bertz CT molecular complexity index is 256. The molecule has 1 aliphatic heterocycles. The summed E-state index contributed by atoms with van der Waals surface area (Å²) in [6.07, 6.45) is 0.195. The number of benzene rings is 1. The van der Waals surface area contributed by atoms with E-state index in [0.29, 0.717) is 6.61 Å². The van der Waals surface area contributed by atoms with Crippen molar-refractivity contribution in [2.24, 2.45) is 5.73 Å². The second-order valence-electron chi connectivity index (χ2n) is 3.21. The predicted molar refractivity (Wildman–Crippen MR) is 47.7 cm³/mol. The molecule has 12 heavy (non-hydrogen) atoms. The summed E-state index contributed by atoms with van der Waals surface area (Å²) < 4.78 is 5.49. The van der Waals surface area contributed by atoms with Gasteiger partial charge in [-0.05, 0) is 18.1 Å². The molecule has 2 nitrogen and oxygen atoms in total. The van der Waals surface area contributed by atoms with Crippen molar-refractivity contribution in [2.45, 2.75) is 19.1 Å². The lowest BCUT2D eigenvalue weighted by atomic mass is 9.95. The fourth-order valence-electron chi connectivity index (χ4n) is 1.65. The summed E-state index contributed by atoms with van der Waals surface area (Å²) in [5.74, 6) is 0. The van der Waals surface area contributed by atoms with Gasteiger partial charge in [0.05, 0.1) is 18.8 Å². The zero-order chi connectivity index (χ0) is 8.55. The summed E-state index contributed by atoms with van der Waals surface area (Å²) in [6, 6.07) is 8.27. The Morgan fingerprint density at radius 2 is 2.00 bits per heavy atom. The van der Waals surface area contributed by atoms with Crippen molar-refractivity contribution in [3.05, 3.63) is 35.4 Å². The molecule has 0 aliphatic carbocycles. The van der Waals surface area contributed by atoms with E-state index in [0.717, 1.165) is 0 Å². The van der Waals surface area contributed by atoms with Crippen LogP contribution in [-0.2, 0) is 4.74 Å². The van der Waals surface area contributed by atoms with Gasteiger partial charge < -0.3 is 10.5 Å². The molecule has 2 heteroatoms. The van der Waals surface area contributed by atoms with Crippen LogP contribution >= 0.6 is 0 Å². The minimum atomic E-state index is 0.0531. The first-order chi connectivity index (χ1) is 5.79. The lowest BCUT2D eigenvalue weighted by Gasteiger charge is -2.27. The van der Waals surface area contributed by atoms with Crippen molar-refractivity contribution < 1.29 is 4.74 Å². The van der Waals surface area contributed by atoms with E-state index in [9.17, 15) is 0 Å². The maximum Gasteiger partial charge on any atom is 0.0801 e.